The number of carbonyl (C=O) groups is 1. The molecule has 1 aromatic carbocycles. The Morgan fingerprint density at radius 2 is 2.16 bits per heavy atom. The van der Waals surface area contributed by atoms with Crippen molar-refractivity contribution in [1.82, 2.24) is 14.9 Å². The van der Waals surface area contributed by atoms with Gasteiger partial charge < -0.3 is 9.88 Å². The van der Waals surface area contributed by atoms with Crippen LogP contribution in [0, 0.1) is 0 Å². The molecule has 1 N–H and O–H groups in total. The van der Waals surface area contributed by atoms with E-state index in [-0.39, 0.29) is 11.9 Å². The Kier molecular flexibility index (Phi) is 4.02. The molecule has 5 heteroatoms. The van der Waals surface area contributed by atoms with Gasteiger partial charge in [0.25, 0.3) is 0 Å². The zero-order valence-corrected chi connectivity index (χ0v) is 11.3. The van der Waals surface area contributed by atoms with Crippen LogP contribution in [0.15, 0.2) is 49.3 Å². The lowest BCUT2D eigenvalue weighted by Crippen LogP contribution is -2.29. The molecule has 1 heterocycles. The van der Waals surface area contributed by atoms with Crippen molar-refractivity contribution < 1.29 is 4.79 Å². The monoisotopic (exact) mass is 275 g/mol. The summed E-state index contributed by atoms with van der Waals surface area (Å²) in [7, 11) is 1.88. The van der Waals surface area contributed by atoms with E-state index in [1.54, 1.807) is 18.3 Å². The molecule has 0 spiro atoms. The Bertz CT molecular complexity index is 589. The molecule has 1 atom stereocenters. The van der Waals surface area contributed by atoms with Crippen LogP contribution in [0.5, 0.6) is 0 Å². The van der Waals surface area contributed by atoms with Crippen LogP contribution in [0.2, 0.25) is 5.02 Å². The minimum Gasteiger partial charge on any atom is -0.339 e. The molecule has 19 heavy (non-hydrogen) atoms. The maximum atomic E-state index is 11.6. The molecular weight excluding hydrogens is 262 g/mol. The van der Waals surface area contributed by atoms with Crippen molar-refractivity contribution in [3.8, 4) is 0 Å². The van der Waals surface area contributed by atoms with Gasteiger partial charge in [0.2, 0.25) is 5.91 Å². The summed E-state index contributed by atoms with van der Waals surface area (Å²) in [5.41, 5.74) is 0.911. The SMILES string of the molecule is C=CC(=O)NC(c1ccc(Cl)cc1)c1nccn1C. The van der Waals surface area contributed by atoms with Crippen molar-refractivity contribution in [2.75, 3.05) is 0 Å². The minimum absolute atomic E-state index is 0.247. The lowest BCUT2D eigenvalue weighted by molar-refractivity contribution is -0.117. The second-order valence-corrected chi connectivity index (χ2v) is 4.53. The summed E-state index contributed by atoms with van der Waals surface area (Å²) in [6.07, 6.45) is 4.77. The fraction of sp³-hybridized carbons (Fsp3) is 0.143. The first-order valence-electron chi connectivity index (χ1n) is 5.77. The van der Waals surface area contributed by atoms with E-state index in [4.69, 9.17) is 11.6 Å². The van der Waals surface area contributed by atoms with Crippen LogP contribution >= 0.6 is 11.6 Å². The molecule has 0 fully saturated rings. The lowest BCUT2D eigenvalue weighted by Gasteiger charge is -2.18. The first-order valence-corrected chi connectivity index (χ1v) is 6.15. The molecule has 2 aromatic rings. The van der Waals surface area contributed by atoms with Gasteiger partial charge in [-0.25, -0.2) is 4.98 Å². The van der Waals surface area contributed by atoms with Crippen molar-refractivity contribution in [3.05, 3.63) is 65.7 Å². The predicted octanol–water partition coefficient (Wildman–Crippen LogP) is 2.47. The highest BCUT2D eigenvalue weighted by Gasteiger charge is 2.19. The van der Waals surface area contributed by atoms with Crippen molar-refractivity contribution in [1.29, 1.82) is 0 Å². The van der Waals surface area contributed by atoms with Crippen molar-refractivity contribution in [2.45, 2.75) is 6.04 Å². The number of imidazole rings is 1. The van der Waals surface area contributed by atoms with Crippen LogP contribution in [0.3, 0.4) is 0 Å². The van der Waals surface area contributed by atoms with E-state index < -0.39 is 0 Å². The van der Waals surface area contributed by atoms with Crippen molar-refractivity contribution in [3.63, 3.8) is 0 Å². The van der Waals surface area contributed by atoms with Crippen LogP contribution in [0.1, 0.15) is 17.4 Å². The minimum atomic E-state index is -0.331. The zero-order chi connectivity index (χ0) is 13.8. The number of aryl methyl sites for hydroxylation is 1. The van der Waals surface area contributed by atoms with Gasteiger partial charge in [0, 0.05) is 24.5 Å². The molecule has 0 aliphatic heterocycles. The third-order valence-corrected chi connectivity index (χ3v) is 3.04. The number of nitrogens with zero attached hydrogens (tertiary/aromatic N) is 2. The fourth-order valence-electron chi connectivity index (χ4n) is 1.81. The lowest BCUT2D eigenvalue weighted by atomic mass is 10.1. The number of aromatic nitrogens is 2. The summed E-state index contributed by atoms with van der Waals surface area (Å²) in [5.74, 6) is 0.500. The molecule has 0 aliphatic rings. The van der Waals surface area contributed by atoms with E-state index in [1.165, 1.54) is 6.08 Å². The van der Waals surface area contributed by atoms with E-state index in [1.807, 2.05) is 29.9 Å². The summed E-state index contributed by atoms with van der Waals surface area (Å²) in [6.45, 7) is 3.46. The fourth-order valence-corrected chi connectivity index (χ4v) is 1.93. The molecule has 0 saturated heterocycles. The highest BCUT2D eigenvalue weighted by Crippen LogP contribution is 2.22. The van der Waals surface area contributed by atoms with Gasteiger partial charge in [-0.2, -0.15) is 0 Å². The molecule has 0 aliphatic carbocycles. The summed E-state index contributed by atoms with van der Waals surface area (Å²) < 4.78 is 1.86. The van der Waals surface area contributed by atoms with Gasteiger partial charge in [-0.3, -0.25) is 4.79 Å². The number of carbonyl (C=O) groups excluding carboxylic acids is 1. The first kappa shape index (κ1) is 13.4. The van der Waals surface area contributed by atoms with E-state index in [9.17, 15) is 4.79 Å². The van der Waals surface area contributed by atoms with Gasteiger partial charge in [-0.05, 0) is 23.8 Å². The maximum absolute atomic E-state index is 11.6. The molecule has 2 rings (SSSR count). The average Bonchev–Trinajstić information content (AvgIpc) is 2.83. The molecule has 0 radical (unpaired) electrons. The number of nitrogens with one attached hydrogen (secondary N) is 1. The summed E-state index contributed by atoms with van der Waals surface area (Å²) in [5, 5.41) is 3.51. The summed E-state index contributed by atoms with van der Waals surface area (Å²) in [4.78, 5) is 15.9. The normalized spacial score (nSPS) is 11.9. The van der Waals surface area contributed by atoms with Crippen molar-refractivity contribution in [2.24, 2.45) is 7.05 Å². The predicted molar refractivity (Wildman–Crippen MR) is 74.8 cm³/mol. The highest BCUT2D eigenvalue weighted by atomic mass is 35.5. The number of halogens is 1. The van der Waals surface area contributed by atoms with E-state index in [2.05, 4.69) is 16.9 Å². The number of rotatable bonds is 4. The van der Waals surface area contributed by atoms with E-state index in [0.717, 1.165) is 11.4 Å². The smallest absolute Gasteiger partial charge is 0.244 e. The zero-order valence-electron chi connectivity index (χ0n) is 10.5. The highest BCUT2D eigenvalue weighted by molar-refractivity contribution is 6.30. The first-order chi connectivity index (χ1) is 9.11. The van der Waals surface area contributed by atoms with Crippen LogP contribution < -0.4 is 5.32 Å². The topological polar surface area (TPSA) is 46.9 Å². The number of benzene rings is 1. The van der Waals surface area contributed by atoms with Gasteiger partial charge in [0.1, 0.15) is 11.9 Å². The van der Waals surface area contributed by atoms with Crippen LogP contribution in [-0.4, -0.2) is 15.5 Å². The van der Waals surface area contributed by atoms with Gasteiger partial charge in [0.05, 0.1) is 0 Å². The molecule has 1 amide bonds. The average molecular weight is 276 g/mol. The molecule has 4 nitrogen and oxygen atoms in total. The van der Waals surface area contributed by atoms with Crippen LogP contribution in [0.25, 0.3) is 0 Å². The van der Waals surface area contributed by atoms with Gasteiger partial charge >= 0.3 is 0 Å². The summed E-state index contributed by atoms with van der Waals surface area (Å²) >= 11 is 5.88. The largest absolute Gasteiger partial charge is 0.339 e. The standard InChI is InChI=1S/C14H14ClN3O/c1-3-12(19)17-13(14-16-8-9-18(14)2)10-4-6-11(15)7-5-10/h3-9,13H,1H2,2H3,(H,17,19). The Hall–Kier alpha value is -2.07. The maximum Gasteiger partial charge on any atom is 0.244 e. The van der Waals surface area contributed by atoms with Gasteiger partial charge in [-0.15, -0.1) is 0 Å². The third kappa shape index (κ3) is 3.03. The van der Waals surface area contributed by atoms with Crippen LogP contribution in [-0.2, 0) is 11.8 Å². The van der Waals surface area contributed by atoms with Gasteiger partial charge in [-0.1, -0.05) is 30.3 Å². The number of hydrogen-bond acceptors (Lipinski definition) is 2. The number of hydrogen-bond donors (Lipinski definition) is 1. The number of amides is 1. The Balaban J connectivity index is 2.39. The summed E-state index contributed by atoms with van der Waals surface area (Å²) in [6, 6.07) is 6.97. The molecular formula is C14H14ClN3O. The third-order valence-electron chi connectivity index (χ3n) is 2.79. The Morgan fingerprint density at radius 3 is 2.68 bits per heavy atom. The second-order valence-electron chi connectivity index (χ2n) is 4.09. The molecule has 1 aromatic heterocycles. The molecule has 1 unspecified atom stereocenters. The Labute approximate surface area is 116 Å². The Morgan fingerprint density at radius 1 is 1.47 bits per heavy atom. The van der Waals surface area contributed by atoms with Gasteiger partial charge in [0.15, 0.2) is 0 Å². The van der Waals surface area contributed by atoms with E-state index >= 15 is 0 Å². The van der Waals surface area contributed by atoms with Crippen molar-refractivity contribution >= 4 is 17.5 Å². The molecule has 0 bridgehead atoms. The second kappa shape index (κ2) is 5.71. The quantitative estimate of drug-likeness (QED) is 0.872. The molecule has 98 valence electrons. The van der Waals surface area contributed by atoms with Crippen LogP contribution in [0.4, 0.5) is 0 Å². The van der Waals surface area contributed by atoms with E-state index in [0.29, 0.717) is 5.02 Å². The molecule has 0 saturated carbocycles.